The van der Waals surface area contributed by atoms with Crippen LogP contribution in [-0.4, -0.2) is 14.2 Å². The molecular weight excluding hydrogens is 318 g/mol. The Bertz CT molecular complexity index is 1070. The fraction of sp³-hybridized carbons (Fsp3) is 0.158. The second kappa shape index (κ2) is 5.76. The Morgan fingerprint density at radius 3 is 2.79 bits per heavy atom. The first-order valence-electron chi connectivity index (χ1n) is 7.81. The van der Waals surface area contributed by atoms with E-state index in [9.17, 15) is 4.79 Å². The van der Waals surface area contributed by atoms with E-state index in [2.05, 4.69) is 37.1 Å². The van der Waals surface area contributed by atoms with Gasteiger partial charge in [-0.1, -0.05) is 29.8 Å². The molecular formula is C19H17N3OS. The zero-order valence-corrected chi connectivity index (χ0v) is 14.4. The lowest BCUT2D eigenvalue weighted by Gasteiger charge is -2.10. The zero-order valence-electron chi connectivity index (χ0n) is 13.6. The molecule has 0 amide bonds. The molecule has 3 aromatic heterocycles. The van der Waals surface area contributed by atoms with Gasteiger partial charge in [-0.15, -0.1) is 11.3 Å². The van der Waals surface area contributed by atoms with Gasteiger partial charge >= 0.3 is 0 Å². The van der Waals surface area contributed by atoms with Gasteiger partial charge in [-0.2, -0.15) is 5.10 Å². The molecule has 0 saturated carbocycles. The summed E-state index contributed by atoms with van der Waals surface area (Å²) in [4.78, 5) is 13.9. The van der Waals surface area contributed by atoms with Crippen molar-refractivity contribution in [2.75, 3.05) is 0 Å². The minimum Gasteiger partial charge on any atom is -0.308 e. The van der Waals surface area contributed by atoms with E-state index in [1.807, 2.05) is 36.0 Å². The maximum absolute atomic E-state index is 12.8. The summed E-state index contributed by atoms with van der Waals surface area (Å²) in [5.41, 5.74) is 4.99. The highest BCUT2D eigenvalue weighted by molar-refractivity contribution is 7.13. The molecule has 0 saturated heterocycles. The Hall–Kier alpha value is -2.66. The van der Waals surface area contributed by atoms with Gasteiger partial charge in [0.2, 0.25) is 0 Å². The van der Waals surface area contributed by atoms with E-state index in [1.165, 1.54) is 16.7 Å². The van der Waals surface area contributed by atoms with Crippen molar-refractivity contribution in [3.05, 3.63) is 81.2 Å². The third-order valence-corrected chi connectivity index (χ3v) is 5.11. The molecule has 1 aromatic carbocycles. The van der Waals surface area contributed by atoms with Crippen molar-refractivity contribution in [1.29, 1.82) is 0 Å². The molecule has 0 radical (unpaired) electrons. The van der Waals surface area contributed by atoms with E-state index in [0.29, 0.717) is 12.1 Å². The first-order valence-corrected chi connectivity index (χ1v) is 8.68. The average Bonchev–Trinajstić information content (AvgIpc) is 3.22. The SMILES string of the molecule is Cc1ccc(C)c(Cn2ccn3nc(-c4cccs4)cc3c2=O)c1. The minimum atomic E-state index is -0.0197. The smallest absolute Gasteiger partial charge is 0.276 e. The fourth-order valence-corrected chi connectivity index (χ4v) is 3.53. The maximum atomic E-state index is 12.8. The van der Waals surface area contributed by atoms with Gasteiger partial charge in [0, 0.05) is 12.4 Å². The van der Waals surface area contributed by atoms with Crippen LogP contribution in [0.25, 0.3) is 16.1 Å². The maximum Gasteiger partial charge on any atom is 0.276 e. The molecule has 0 unspecified atom stereocenters. The van der Waals surface area contributed by atoms with Crippen LogP contribution in [0, 0.1) is 13.8 Å². The highest BCUT2D eigenvalue weighted by Crippen LogP contribution is 2.23. The Morgan fingerprint density at radius 1 is 1.12 bits per heavy atom. The highest BCUT2D eigenvalue weighted by Gasteiger charge is 2.10. The lowest BCUT2D eigenvalue weighted by Crippen LogP contribution is -2.22. The summed E-state index contributed by atoms with van der Waals surface area (Å²) in [6.45, 7) is 4.72. The number of aromatic nitrogens is 3. The van der Waals surface area contributed by atoms with Crippen LogP contribution in [-0.2, 0) is 6.54 Å². The Morgan fingerprint density at radius 2 is 2.00 bits per heavy atom. The van der Waals surface area contributed by atoms with Crippen LogP contribution in [0.15, 0.2) is 59.0 Å². The summed E-state index contributed by atoms with van der Waals surface area (Å²) in [6.07, 6.45) is 3.65. The van der Waals surface area contributed by atoms with Gasteiger partial charge in [-0.25, -0.2) is 4.52 Å². The Labute approximate surface area is 143 Å². The average molecular weight is 335 g/mol. The predicted molar refractivity (Wildman–Crippen MR) is 97.8 cm³/mol. The number of hydrogen-bond acceptors (Lipinski definition) is 3. The molecule has 120 valence electrons. The van der Waals surface area contributed by atoms with E-state index in [-0.39, 0.29) is 5.56 Å². The number of fused-ring (bicyclic) bond motifs is 1. The van der Waals surface area contributed by atoms with Gasteiger partial charge in [-0.05, 0) is 42.5 Å². The molecule has 4 aromatic rings. The summed E-state index contributed by atoms with van der Waals surface area (Å²) in [7, 11) is 0. The molecule has 4 rings (SSSR count). The molecule has 0 fully saturated rings. The summed E-state index contributed by atoms with van der Waals surface area (Å²) in [6, 6.07) is 12.2. The lowest BCUT2D eigenvalue weighted by atomic mass is 10.1. The first-order chi connectivity index (χ1) is 11.6. The first kappa shape index (κ1) is 14.9. The molecule has 0 aliphatic heterocycles. The molecule has 0 N–H and O–H groups in total. The van der Waals surface area contributed by atoms with Crippen LogP contribution >= 0.6 is 11.3 Å². The topological polar surface area (TPSA) is 39.3 Å². The van der Waals surface area contributed by atoms with Crippen molar-refractivity contribution in [3.63, 3.8) is 0 Å². The van der Waals surface area contributed by atoms with Crippen LogP contribution in [0.1, 0.15) is 16.7 Å². The highest BCUT2D eigenvalue weighted by atomic mass is 32.1. The van der Waals surface area contributed by atoms with Crippen LogP contribution in [0.5, 0.6) is 0 Å². The van der Waals surface area contributed by atoms with E-state index >= 15 is 0 Å². The van der Waals surface area contributed by atoms with Crippen LogP contribution in [0.4, 0.5) is 0 Å². The summed E-state index contributed by atoms with van der Waals surface area (Å²) >= 11 is 1.62. The molecule has 5 heteroatoms. The van der Waals surface area contributed by atoms with Gasteiger partial charge in [0.15, 0.2) is 0 Å². The second-order valence-electron chi connectivity index (χ2n) is 6.00. The van der Waals surface area contributed by atoms with Crippen molar-refractivity contribution < 1.29 is 0 Å². The number of rotatable bonds is 3. The normalized spacial score (nSPS) is 11.2. The van der Waals surface area contributed by atoms with Gasteiger partial charge in [0.05, 0.1) is 11.4 Å². The monoisotopic (exact) mass is 335 g/mol. The largest absolute Gasteiger partial charge is 0.308 e. The van der Waals surface area contributed by atoms with Crippen molar-refractivity contribution in [2.24, 2.45) is 0 Å². The number of thiophene rings is 1. The van der Waals surface area contributed by atoms with Crippen LogP contribution < -0.4 is 5.56 Å². The molecule has 3 heterocycles. The third-order valence-electron chi connectivity index (χ3n) is 4.22. The van der Waals surface area contributed by atoms with E-state index in [0.717, 1.165) is 10.6 Å². The third kappa shape index (κ3) is 2.57. The van der Waals surface area contributed by atoms with Crippen molar-refractivity contribution in [3.8, 4) is 10.6 Å². The number of aryl methyl sites for hydroxylation is 2. The quantitative estimate of drug-likeness (QED) is 0.570. The van der Waals surface area contributed by atoms with E-state index in [1.54, 1.807) is 20.4 Å². The molecule has 0 spiro atoms. The molecule has 0 aliphatic carbocycles. The van der Waals surface area contributed by atoms with Crippen molar-refractivity contribution in [2.45, 2.75) is 20.4 Å². The van der Waals surface area contributed by atoms with Gasteiger partial charge in [0.1, 0.15) is 11.2 Å². The van der Waals surface area contributed by atoms with Crippen molar-refractivity contribution >= 4 is 16.9 Å². The number of benzene rings is 1. The molecule has 0 bridgehead atoms. The summed E-state index contributed by atoms with van der Waals surface area (Å²) in [5, 5.41) is 6.52. The fourth-order valence-electron chi connectivity index (χ4n) is 2.85. The lowest BCUT2D eigenvalue weighted by molar-refractivity contribution is 0.739. The number of hydrogen-bond donors (Lipinski definition) is 0. The molecule has 4 nitrogen and oxygen atoms in total. The molecule has 0 atom stereocenters. The zero-order chi connectivity index (χ0) is 16.7. The van der Waals surface area contributed by atoms with Crippen LogP contribution in [0.2, 0.25) is 0 Å². The van der Waals surface area contributed by atoms with Gasteiger partial charge in [0.25, 0.3) is 5.56 Å². The minimum absolute atomic E-state index is 0.0197. The predicted octanol–water partition coefficient (Wildman–Crippen LogP) is 3.89. The summed E-state index contributed by atoms with van der Waals surface area (Å²) < 4.78 is 3.41. The number of nitrogens with zero attached hydrogens (tertiary/aromatic N) is 3. The Kier molecular flexibility index (Phi) is 3.58. The molecule has 0 aliphatic rings. The van der Waals surface area contributed by atoms with Crippen molar-refractivity contribution in [1.82, 2.24) is 14.2 Å². The summed E-state index contributed by atoms with van der Waals surface area (Å²) in [5.74, 6) is 0. The van der Waals surface area contributed by atoms with Gasteiger partial charge < -0.3 is 4.57 Å². The van der Waals surface area contributed by atoms with Gasteiger partial charge in [-0.3, -0.25) is 4.79 Å². The second-order valence-corrected chi connectivity index (χ2v) is 6.95. The van der Waals surface area contributed by atoms with Crippen LogP contribution in [0.3, 0.4) is 0 Å². The van der Waals surface area contributed by atoms with E-state index in [4.69, 9.17) is 0 Å². The molecule has 24 heavy (non-hydrogen) atoms. The Balaban J connectivity index is 1.78. The standard InChI is InChI=1S/C19H17N3OS/c1-13-5-6-14(2)15(10-13)12-21-7-8-22-17(19(21)23)11-16(20-22)18-4-3-9-24-18/h3-11H,12H2,1-2H3. The van der Waals surface area contributed by atoms with E-state index < -0.39 is 0 Å².